The molecule has 3 aromatic rings. The van der Waals surface area contributed by atoms with Crippen molar-refractivity contribution in [2.45, 2.75) is 39.3 Å². The fraction of sp³-hybridized carbons (Fsp3) is 0.286. The summed E-state index contributed by atoms with van der Waals surface area (Å²) in [7, 11) is 0. The van der Waals surface area contributed by atoms with Gasteiger partial charge in [-0.05, 0) is 52.0 Å². The molecule has 0 saturated heterocycles. The van der Waals surface area contributed by atoms with E-state index in [1.54, 1.807) is 58.0 Å². The number of carboxylic acid groups (broad SMARTS) is 1. The third-order valence-corrected chi connectivity index (χ3v) is 4.89. The van der Waals surface area contributed by atoms with Crippen LogP contribution in [0.1, 0.15) is 39.6 Å². The van der Waals surface area contributed by atoms with E-state index in [2.05, 4.69) is 4.98 Å². The number of halogens is 1. The van der Waals surface area contributed by atoms with E-state index in [-0.39, 0.29) is 5.56 Å². The molecule has 2 aromatic carbocycles. The third-order valence-electron chi connectivity index (χ3n) is 4.58. The number of benzene rings is 2. The molecule has 28 heavy (non-hydrogen) atoms. The maximum Gasteiger partial charge on any atom is 0.408 e. The lowest BCUT2D eigenvalue weighted by Gasteiger charge is -2.38. The Morgan fingerprint density at radius 3 is 2.36 bits per heavy atom. The average molecular weight is 400 g/mol. The van der Waals surface area contributed by atoms with E-state index in [0.29, 0.717) is 27.4 Å². The highest BCUT2D eigenvalue weighted by Gasteiger charge is 2.34. The molecule has 1 heterocycles. The first-order valence-electron chi connectivity index (χ1n) is 8.92. The summed E-state index contributed by atoms with van der Waals surface area (Å²) in [6, 6.07) is 13.4. The Labute approximate surface area is 168 Å². The minimum Gasteiger partial charge on any atom is -0.465 e. The number of amides is 1. The van der Waals surface area contributed by atoms with Crippen molar-refractivity contribution in [3.05, 3.63) is 69.7 Å². The molecule has 146 valence electrons. The molecule has 0 fully saturated rings. The second-order valence-corrected chi connectivity index (χ2v) is 7.99. The van der Waals surface area contributed by atoms with Crippen molar-refractivity contribution < 1.29 is 9.90 Å². The van der Waals surface area contributed by atoms with E-state index in [9.17, 15) is 14.7 Å². The SMILES string of the molecule is C[C@@H](c1nc2cccc(Cl)c2c(=O)n1-c1ccccc1)N(C(=O)O)C(C)(C)C. The van der Waals surface area contributed by atoms with Crippen LogP contribution in [0.4, 0.5) is 4.79 Å². The summed E-state index contributed by atoms with van der Waals surface area (Å²) in [5, 5.41) is 10.4. The Hall–Kier alpha value is -2.86. The summed E-state index contributed by atoms with van der Waals surface area (Å²) < 4.78 is 1.44. The van der Waals surface area contributed by atoms with Gasteiger partial charge in [0.2, 0.25) is 0 Å². The Morgan fingerprint density at radius 1 is 1.14 bits per heavy atom. The molecule has 6 nitrogen and oxygen atoms in total. The summed E-state index contributed by atoms with van der Waals surface area (Å²) in [6.07, 6.45) is -1.08. The van der Waals surface area contributed by atoms with E-state index >= 15 is 0 Å². The highest BCUT2D eigenvalue weighted by Crippen LogP contribution is 2.29. The zero-order valence-electron chi connectivity index (χ0n) is 16.2. The molecule has 0 spiro atoms. The first-order valence-corrected chi connectivity index (χ1v) is 9.29. The van der Waals surface area contributed by atoms with Crippen LogP contribution < -0.4 is 5.56 Å². The van der Waals surface area contributed by atoms with Crippen molar-refractivity contribution in [3.63, 3.8) is 0 Å². The largest absolute Gasteiger partial charge is 0.465 e. The fourth-order valence-electron chi connectivity index (χ4n) is 3.46. The van der Waals surface area contributed by atoms with Crippen molar-refractivity contribution in [2.24, 2.45) is 0 Å². The number of nitrogens with zero attached hydrogens (tertiary/aromatic N) is 3. The minimum absolute atomic E-state index is 0.307. The molecule has 0 saturated carbocycles. The second-order valence-electron chi connectivity index (χ2n) is 7.58. The molecule has 0 aliphatic rings. The van der Waals surface area contributed by atoms with Gasteiger partial charge in [0, 0.05) is 5.54 Å². The van der Waals surface area contributed by atoms with Gasteiger partial charge in [-0.1, -0.05) is 35.9 Å². The van der Waals surface area contributed by atoms with Gasteiger partial charge >= 0.3 is 6.09 Å². The van der Waals surface area contributed by atoms with E-state index in [0.717, 1.165) is 0 Å². The Bertz CT molecular complexity index is 1090. The van der Waals surface area contributed by atoms with Gasteiger partial charge in [0.25, 0.3) is 5.56 Å². The predicted molar refractivity (Wildman–Crippen MR) is 110 cm³/mol. The van der Waals surface area contributed by atoms with Gasteiger partial charge in [-0.2, -0.15) is 0 Å². The molecule has 7 heteroatoms. The van der Waals surface area contributed by atoms with Crippen LogP contribution in [-0.4, -0.2) is 31.2 Å². The van der Waals surface area contributed by atoms with Crippen molar-refractivity contribution in [2.75, 3.05) is 0 Å². The van der Waals surface area contributed by atoms with E-state index in [1.807, 2.05) is 18.2 Å². The van der Waals surface area contributed by atoms with Gasteiger partial charge in [0.15, 0.2) is 0 Å². The van der Waals surface area contributed by atoms with Crippen LogP contribution in [-0.2, 0) is 0 Å². The van der Waals surface area contributed by atoms with Crippen LogP contribution in [0, 0.1) is 0 Å². The van der Waals surface area contributed by atoms with Crippen LogP contribution in [0.2, 0.25) is 5.02 Å². The molecule has 1 N–H and O–H groups in total. The van der Waals surface area contributed by atoms with Gasteiger partial charge in [0.05, 0.1) is 27.7 Å². The summed E-state index contributed by atoms with van der Waals surface area (Å²) in [6.45, 7) is 7.15. The van der Waals surface area contributed by atoms with Gasteiger partial charge < -0.3 is 5.11 Å². The lowest BCUT2D eigenvalue weighted by Crippen LogP contribution is -2.47. The number of fused-ring (bicyclic) bond motifs is 1. The van der Waals surface area contributed by atoms with Gasteiger partial charge in [-0.15, -0.1) is 0 Å². The van der Waals surface area contributed by atoms with Crippen molar-refractivity contribution >= 4 is 28.6 Å². The third kappa shape index (κ3) is 3.47. The standard InChI is InChI=1S/C21H22ClN3O3/c1-13(25(20(27)28)21(2,3)4)18-23-16-12-8-11-15(22)17(16)19(26)24(18)14-9-6-5-7-10-14/h5-13H,1-4H3,(H,27,28)/t13-/m0/s1. The Balaban J connectivity index is 2.39. The van der Waals surface area contributed by atoms with E-state index < -0.39 is 17.7 Å². The molecule has 1 atom stereocenters. The topological polar surface area (TPSA) is 75.4 Å². The Kier molecular flexibility index (Phi) is 5.17. The summed E-state index contributed by atoms with van der Waals surface area (Å²) in [5.74, 6) is 0.336. The molecule has 0 aliphatic carbocycles. The molecule has 0 unspecified atom stereocenters. The number of hydrogen-bond donors (Lipinski definition) is 1. The first-order chi connectivity index (χ1) is 13.1. The molecule has 1 amide bonds. The fourth-order valence-corrected chi connectivity index (χ4v) is 3.71. The molecular formula is C21H22ClN3O3. The number of hydrogen-bond acceptors (Lipinski definition) is 3. The highest BCUT2D eigenvalue weighted by molar-refractivity contribution is 6.35. The lowest BCUT2D eigenvalue weighted by atomic mass is 10.0. The smallest absolute Gasteiger partial charge is 0.408 e. The number of aromatic nitrogens is 2. The molecule has 0 aliphatic heterocycles. The zero-order valence-corrected chi connectivity index (χ0v) is 16.9. The number of carbonyl (C=O) groups is 1. The molecule has 0 bridgehead atoms. The van der Waals surface area contributed by atoms with Crippen LogP contribution in [0.15, 0.2) is 53.3 Å². The lowest BCUT2D eigenvalue weighted by molar-refractivity contribution is 0.0719. The van der Waals surface area contributed by atoms with Gasteiger partial charge in [0.1, 0.15) is 5.82 Å². The van der Waals surface area contributed by atoms with E-state index in [1.165, 1.54) is 9.47 Å². The van der Waals surface area contributed by atoms with Gasteiger partial charge in [-0.25, -0.2) is 9.78 Å². The zero-order chi connectivity index (χ0) is 20.6. The monoisotopic (exact) mass is 399 g/mol. The Morgan fingerprint density at radius 2 is 1.79 bits per heavy atom. The molecule has 1 aromatic heterocycles. The summed E-state index contributed by atoms with van der Waals surface area (Å²) in [5.41, 5.74) is 0.0185. The summed E-state index contributed by atoms with van der Waals surface area (Å²) in [4.78, 5) is 31.4. The maximum absolute atomic E-state index is 13.4. The number of rotatable bonds is 3. The van der Waals surface area contributed by atoms with Crippen molar-refractivity contribution in [3.8, 4) is 5.69 Å². The van der Waals surface area contributed by atoms with Crippen molar-refractivity contribution in [1.29, 1.82) is 0 Å². The molecule has 3 rings (SSSR count). The van der Waals surface area contributed by atoms with Crippen LogP contribution >= 0.6 is 11.6 Å². The van der Waals surface area contributed by atoms with Crippen molar-refractivity contribution in [1.82, 2.24) is 14.5 Å². The van der Waals surface area contributed by atoms with Gasteiger partial charge in [-0.3, -0.25) is 14.3 Å². The van der Waals surface area contributed by atoms with Crippen LogP contribution in [0.25, 0.3) is 16.6 Å². The minimum atomic E-state index is -1.08. The summed E-state index contributed by atoms with van der Waals surface area (Å²) >= 11 is 6.28. The first kappa shape index (κ1) is 19.9. The maximum atomic E-state index is 13.4. The van der Waals surface area contributed by atoms with Crippen LogP contribution in [0.3, 0.4) is 0 Å². The normalized spacial score (nSPS) is 12.8. The number of para-hydroxylation sites is 1. The molecule has 0 radical (unpaired) electrons. The second kappa shape index (κ2) is 7.28. The quantitative estimate of drug-likeness (QED) is 0.681. The van der Waals surface area contributed by atoms with Crippen LogP contribution in [0.5, 0.6) is 0 Å². The van der Waals surface area contributed by atoms with E-state index in [4.69, 9.17) is 11.6 Å². The highest BCUT2D eigenvalue weighted by atomic mass is 35.5. The predicted octanol–water partition coefficient (Wildman–Crippen LogP) is 4.88. The average Bonchev–Trinajstić information content (AvgIpc) is 2.60. The molecular weight excluding hydrogens is 378 g/mol.